The van der Waals surface area contributed by atoms with E-state index >= 15 is 0 Å². The molecule has 1 N–H and O–H groups in total. The highest BCUT2D eigenvalue weighted by Crippen LogP contribution is 2.36. The number of benzene rings is 2. The Kier molecular flexibility index (Phi) is 8.96. The van der Waals surface area contributed by atoms with Crippen molar-refractivity contribution < 1.29 is 27.5 Å². The van der Waals surface area contributed by atoms with Gasteiger partial charge in [-0.1, -0.05) is 31.7 Å². The van der Waals surface area contributed by atoms with Gasteiger partial charge in [0.2, 0.25) is 5.91 Å². The maximum atomic E-state index is 13.1. The summed E-state index contributed by atoms with van der Waals surface area (Å²) in [5.74, 6) is -0.0828. The summed E-state index contributed by atoms with van der Waals surface area (Å²) in [6.07, 6.45) is -2.63. The Hall–Kier alpha value is -5.43. The predicted molar refractivity (Wildman–Crippen MR) is 167 cm³/mol. The number of amides is 3. The molecule has 1 aliphatic heterocycles. The van der Waals surface area contributed by atoms with E-state index in [0.717, 1.165) is 35.3 Å². The molecule has 0 atom stereocenters. The smallest absolute Gasteiger partial charge is 0.404 e. The normalized spacial score (nSPS) is 14.1. The van der Waals surface area contributed by atoms with Crippen LogP contribution in [0.3, 0.4) is 0 Å². The second-order valence-corrected chi connectivity index (χ2v) is 11.4. The zero-order valence-electron chi connectivity index (χ0n) is 24.9. The molecule has 0 unspecified atom stereocenters. The third-order valence-corrected chi connectivity index (χ3v) is 7.60. The lowest BCUT2D eigenvalue weighted by atomic mass is 9.99. The molecule has 0 spiro atoms. The number of pyridine rings is 1. The molecular formula is C30H26F3N9O3S. The lowest BCUT2D eigenvalue weighted by Gasteiger charge is -2.24. The minimum Gasteiger partial charge on any atom is -0.404 e. The average Bonchev–Trinajstić information content (AvgIpc) is 3.63. The fourth-order valence-electron chi connectivity index (χ4n) is 4.50. The Bertz CT molecular complexity index is 1870. The van der Waals surface area contributed by atoms with Gasteiger partial charge >= 0.3 is 12.4 Å². The van der Waals surface area contributed by atoms with E-state index in [2.05, 4.69) is 30.1 Å². The fourth-order valence-corrected chi connectivity index (χ4v) is 5.35. The van der Waals surface area contributed by atoms with Crippen LogP contribution in [-0.2, 0) is 4.79 Å². The van der Waals surface area contributed by atoms with Gasteiger partial charge in [0, 0.05) is 25.3 Å². The van der Waals surface area contributed by atoms with E-state index in [9.17, 15) is 28.0 Å². The summed E-state index contributed by atoms with van der Waals surface area (Å²) in [5.41, 5.74) is 3.17. The van der Waals surface area contributed by atoms with E-state index in [1.54, 1.807) is 6.07 Å². The van der Waals surface area contributed by atoms with E-state index in [1.165, 1.54) is 34.1 Å². The van der Waals surface area contributed by atoms with Crippen molar-refractivity contribution in [3.8, 4) is 29.0 Å². The number of carbonyl (C=O) groups is 2. The van der Waals surface area contributed by atoms with Crippen LogP contribution in [0.4, 0.5) is 35.0 Å². The molecule has 2 aromatic carbocycles. The lowest BCUT2D eigenvalue weighted by Crippen LogP contribution is -2.31. The van der Waals surface area contributed by atoms with Gasteiger partial charge in [-0.05, 0) is 53.9 Å². The maximum absolute atomic E-state index is 13.1. The van der Waals surface area contributed by atoms with Gasteiger partial charge in [-0.25, -0.2) is 19.4 Å². The van der Waals surface area contributed by atoms with Crippen LogP contribution in [0.25, 0.3) is 17.2 Å². The molecule has 12 nitrogen and oxygen atoms in total. The number of nitrogens with zero attached hydrogens (tertiary/aromatic N) is 8. The highest BCUT2D eigenvalue weighted by Gasteiger charge is 2.33. The van der Waals surface area contributed by atoms with Gasteiger partial charge in [-0.2, -0.15) is 10.3 Å². The van der Waals surface area contributed by atoms with Crippen molar-refractivity contribution in [3.05, 3.63) is 72.2 Å². The molecule has 0 saturated carbocycles. The number of alkyl halides is 3. The van der Waals surface area contributed by atoms with Crippen LogP contribution < -0.4 is 19.9 Å². The summed E-state index contributed by atoms with van der Waals surface area (Å²) < 4.78 is 42.4. The number of ether oxygens (including phenoxy) is 1. The molecule has 2 aromatic heterocycles. The number of aliphatic imine (C=N–C) groups is 1. The minimum atomic E-state index is -4.84. The van der Waals surface area contributed by atoms with Crippen LogP contribution in [0.2, 0.25) is 0 Å². The third-order valence-electron chi connectivity index (χ3n) is 6.68. The first kappa shape index (κ1) is 32.0. The Morgan fingerprint density at radius 1 is 1.15 bits per heavy atom. The molecule has 0 aliphatic carbocycles. The monoisotopic (exact) mass is 649 g/mol. The number of urea groups is 1. The van der Waals surface area contributed by atoms with Crippen LogP contribution >= 0.6 is 11.8 Å². The number of nitriles is 1. The summed E-state index contributed by atoms with van der Waals surface area (Å²) in [4.78, 5) is 41.7. The van der Waals surface area contributed by atoms with E-state index in [1.807, 2.05) is 57.1 Å². The van der Waals surface area contributed by atoms with Crippen LogP contribution in [-0.4, -0.2) is 63.1 Å². The second kappa shape index (κ2) is 12.9. The van der Waals surface area contributed by atoms with Crippen molar-refractivity contribution >= 4 is 45.9 Å². The van der Waals surface area contributed by atoms with E-state index in [-0.39, 0.29) is 45.6 Å². The number of halogens is 3. The number of aromatic nitrogens is 4. The first-order valence-corrected chi connectivity index (χ1v) is 14.7. The van der Waals surface area contributed by atoms with Gasteiger partial charge in [0.05, 0.1) is 28.9 Å². The standard InChI is InChI=1S/C30H26F3N9O3S/c1-17(2)22-8-6-20(40(3)4)12-24(22)42-26(43)15-46-29(42)38-28(44)37-23-9-5-18(11-19(23)13-34)27-36-16-41(39-27)25-10-7-21(14-35-25)45-30(31,32)33/h5-12,14,16-17H,15H2,1-4H3,(H,37,44). The Labute approximate surface area is 265 Å². The molecule has 236 valence electrons. The molecule has 1 aliphatic rings. The van der Waals surface area contributed by atoms with Crippen LogP contribution in [0.1, 0.15) is 30.9 Å². The Morgan fingerprint density at radius 3 is 2.59 bits per heavy atom. The van der Waals surface area contributed by atoms with Crippen LogP contribution in [0.5, 0.6) is 5.75 Å². The molecule has 1 saturated heterocycles. The molecule has 16 heteroatoms. The topological polar surface area (TPSA) is 142 Å². The summed E-state index contributed by atoms with van der Waals surface area (Å²) in [5, 5.41) is 16.9. The summed E-state index contributed by atoms with van der Waals surface area (Å²) in [6, 6.07) is 14.0. The molecular weight excluding hydrogens is 623 g/mol. The van der Waals surface area contributed by atoms with Crippen molar-refractivity contribution in [1.82, 2.24) is 19.7 Å². The number of nitrogens with one attached hydrogen (secondary N) is 1. The quantitative estimate of drug-likeness (QED) is 0.257. The molecule has 46 heavy (non-hydrogen) atoms. The SMILES string of the molecule is CC(C)c1ccc(N(C)C)cc1N1C(=O)CSC1=NC(=O)Nc1ccc(-c2ncn(-c3ccc(OC(F)(F)F)cn3)n2)cc1C#N. The number of hydrogen-bond acceptors (Lipinski definition) is 9. The maximum Gasteiger partial charge on any atom is 0.573 e. The number of thioether (sulfide) groups is 1. The second-order valence-electron chi connectivity index (χ2n) is 10.4. The van der Waals surface area contributed by atoms with Gasteiger partial charge in [0.25, 0.3) is 0 Å². The average molecular weight is 650 g/mol. The number of rotatable bonds is 7. The minimum absolute atomic E-state index is 0.0990. The molecule has 0 radical (unpaired) electrons. The summed E-state index contributed by atoms with van der Waals surface area (Å²) >= 11 is 1.15. The van der Waals surface area contributed by atoms with E-state index in [4.69, 9.17) is 0 Å². The predicted octanol–water partition coefficient (Wildman–Crippen LogP) is 5.96. The van der Waals surface area contributed by atoms with Gasteiger partial charge in [-0.15, -0.1) is 18.3 Å². The number of carbonyl (C=O) groups excluding carboxylic acids is 2. The zero-order valence-corrected chi connectivity index (χ0v) is 25.7. The lowest BCUT2D eigenvalue weighted by molar-refractivity contribution is -0.274. The summed E-state index contributed by atoms with van der Waals surface area (Å²) in [6.45, 7) is 4.04. The van der Waals surface area contributed by atoms with Gasteiger partial charge in [-0.3, -0.25) is 9.69 Å². The zero-order chi connectivity index (χ0) is 33.2. The highest BCUT2D eigenvalue weighted by atomic mass is 32.2. The number of amidine groups is 1. The summed E-state index contributed by atoms with van der Waals surface area (Å²) in [7, 11) is 3.79. The van der Waals surface area contributed by atoms with E-state index in [0.29, 0.717) is 11.3 Å². The van der Waals surface area contributed by atoms with Gasteiger partial charge < -0.3 is 15.0 Å². The first-order valence-electron chi connectivity index (χ1n) is 13.7. The largest absolute Gasteiger partial charge is 0.573 e. The van der Waals surface area contributed by atoms with E-state index < -0.39 is 18.1 Å². The van der Waals surface area contributed by atoms with Crippen molar-refractivity contribution in [2.45, 2.75) is 26.1 Å². The number of hydrogen-bond donors (Lipinski definition) is 1. The molecule has 4 aromatic rings. The fraction of sp³-hybridized carbons (Fsp3) is 0.233. The molecule has 3 amide bonds. The van der Waals surface area contributed by atoms with Crippen molar-refractivity contribution in [1.29, 1.82) is 5.26 Å². The van der Waals surface area contributed by atoms with Crippen LogP contribution in [0.15, 0.2) is 66.0 Å². The van der Waals surface area contributed by atoms with Crippen LogP contribution in [0, 0.1) is 11.3 Å². The third kappa shape index (κ3) is 7.10. The van der Waals surface area contributed by atoms with Gasteiger partial charge in [0.1, 0.15) is 18.1 Å². The molecule has 5 rings (SSSR count). The van der Waals surface area contributed by atoms with Crippen molar-refractivity contribution in [2.75, 3.05) is 35.0 Å². The Balaban J connectivity index is 1.35. The number of anilines is 3. The van der Waals surface area contributed by atoms with Gasteiger partial charge in [0.15, 0.2) is 16.8 Å². The highest BCUT2D eigenvalue weighted by molar-refractivity contribution is 8.15. The molecule has 1 fully saturated rings. The van der Waals surface area contributed by atoms with Crippen molar-refractivity contribution in [2.24, 2.45) is 4.99 Å². The molecule has 0 bridgehead atoms. The first-order chi connectivity index (χ1) is 21.8. The van der Waals surface area contributed by atoms with Crippen molar-refractivity contribution in [3.63, 3.8) is 0 Å². The molecule has 3 heterocycles. The Morgan fingerprint density at radius 2 is 1.93 bits per heavy atom.